The summed E-state index contributed by atoms with van der Waals surface area (Å²) in [4.78, 5) is 27.5. The van der Waals surface area contributed by atoms with Gasteiger partial charge in [-0.1, -0.05) is 18.2 Å². The Hall–Kier alpha value is -3.26. The number of methoxy groups -OCH3 is 2. The van der Waals surface area contributed by atoms with Crippen molar-refractivity contribution in [3.05, 3.63) is 53.6 Å². The number of carbonyl (C=O) groups excluding carboxylic acids is 2. The summed E-state index contributed by atoms with van der Waals surface area (Å²) in [7, 11) is 5.47. The van der Waals surface area contributed by atoms with Crippen molar-refractivity contribution < 1.29 is 23.8 Å². The highest BCUT2D eigenvalue weighted by atomic mass is 16.5. The van der Waals surface area contributed by atoms with Gasteiger partial charge in [-0.2, -0.15) is 0 Å². The first kappa shape index (κ1) is 24.9. The van der Waals surface area contributed by atoms with Crippen LogP contribution in [0.5, 0.6) is 11.5 Å². The van der Waals surface area contributed by atoms with Gasteiger partial charge >= 0.3 is 12.0 Å². The molecule has 3 atom stereocenters. The fraction of sp³-hybridized carbons (Fsp3) is 0.481. The monoisotopic (exact) mass is 481 g/mol. The third-order valence-electron chi connectivity index (χ3n) is 7.49. The lowest BCUT2D eigenvalue weighted by molar-refractivity contribution is 0.0527. The second kappa shape index (κ2) is 10.6. The number of nitrogens with one attached hydrogen (secondary N) is 2. The van der Waals surface area contributed by atoms with E-state index in [0.29, 0.717) is 17.3 Å². The summed E-state index contributed by atoms with van der Waals surface area (Å²) >= 11 is 0. The molecule has 8 heteroatoms. The van der Waals surface area contributed by atoms with Gasteiger partial charge < -0.3 is 29.7 Å². The number of rotatable bonds is 7. The highest BCUT2D eigenvalue weighted by Gasteiger charge is 2.50. The first-order valence-electron chi connectivity index (χ1n) is 12.2. The van der Waals surface area contributed by atoms with E-state index in [4.69, 9.17) is 14.2 Å². The number of para-hydroxylation sites is 1. The summed E-state index contributed by atoms with van der Waals surface area (Å²) in [6, 6.07) is 13.2. The van der Waals surface area contributed by atoms with Crippen LogP contribution in [-0.2, 0) is 10.2 Å². The van der Waals surface area contributed by atoms with Crippen LogP contribution < -0.4 is 20.1 Å². The number of amides is 2. The second-order valence-electron chi connectivity index (χ2n) is 9.31. The van der Waals surface area contributed by atoms with E-state index in [9.17, 15) is 9.59 Å². The van der Waals surface area contributed by atoms with Crippen molar-refractivity contribution in [2.24, 2.45) is 0 Å². The maximum absolute atomic E-state index is 12.9. The van der Waals surface area contributed by atoms with Crippen molar-refractivity contribution in [3.8, 4) is 11.5 Å². The van der Waals surface area contributed by atoms with Crippen LogP contribution in [0.4, 0.5) is 10.5 Å². The van der Waals surface area contributed by atoms with E-state index in [1.54, 1.807) is 45.4 Å². The largest absolute Gasteiger partial charge is 0.493 e. The molecule has 2 fully saturated rings. The number of benzene rings is 2. The second-order valence-corrected chi connectivity index (χ2v) is 9.31. The van der Waals surface area contributed by atoms with Crippen LogP contribution in [-0.4, -0.2) is 63.4 Å². The number of urea groups is 1. The molecule has 0 aromatic heterocycles. The molecule has 1 aliphatic heterocycles. The van der Waals surface area contributed by atoms with Crippen molar-refractivity contribution in [1.29, 1.82) is 0 Å². The van der Waals surface area contributed by atoms with Crippen molar-refractivity contribution >= 4 is 17.7 Å². The quantitative estimate of drug-likeness (QED) is 0.577. The van der Waals surface area contributed by atoms with E-state index in [-0.39, 0.29) is 24.1 Å². The predicted molar refractivity (Wildman–Crippen MR) is 134 cm³/mol. The van der Waals surface area contributed by atoms with Crippen LogP contribution >= 0.6 is 0 Å². The smallest absolute Gasteiger partial charge is 0.340 e. The lowest BCUT2D eigenvalue weighted by atomic mass is 9.65. The number of carbonyl (C=O) groups is 2. The number of ether oxygens (including phenoxy) is 3. The average molecular weight is 482 g/mol. The van der Waals surface area contributed by atoms with Gasteiger partial charge in [0, 0.05) is 17.5 Å². The van der Waals surface area contributed by atoms with Gasteiger partial charge in [0.1, 0.15) is 0 Å². The lowest BCUT2D eigenvalue weighted by Gasteiger charge is -2.45. The van der Waals surface area contributed by atoms with Crippen LogP contribution in [0.1, 0.15) is 48.5 Å². The number of fused-ring (bicyclic) bond motifs is 1. The summed E-state index contributed by atoms with van der Waals surface area (Å²) in [6.45, 7) is 3.04. The molecule has 2 N–H and O–H groups in total. The van der Waals surface area contributed by atoms with Crippen molar-refractivity contribution in [2.75, 3.05) is 39.7 Å². The molecular formula is C27H35N3O5. The van der Waals surface area contributed by atoms with Crippen LogP contribution in [0.15, 0.2) is 42.5 Å². The Bertz CT molecular complexity index is 1070. The van der Waals surface area contributed by atoms with E-state index < -0.39 is 5.97 Å². The molecule has 0 bridgehead atoms. The maximum Gasteiger partial charge on any atom is 0.340 e. The topological polar surface area (TPSA) is 89.1 Å². The van der Waals surface area contributed by atoms with Gasteiger partial charge in [-0.3, -0.25) is 0 Å². The minimum Gasteiger partial charge on any atom is -0.493 e. The van der Waals surface area contributed by atoms with Gasteiger partial charge in [-0.05, 0) is 76.0 Å². The third kappa shape index (κ3) is 4.93. The molecule has 35 heavy (non-hydrogen) atoms. The zero-order valence-corrected chi connectivity index (χ0v) is 20.9. The first-order valence-corrected chi connectivity index (χ1v) is 12.2. The Labute approximate surface area is 206 Å². The molecule has 1 heterocycles. The summed E-state index contributed by atoms with van der Waals surface area (Å²) in [5.74, 6) is 1.02. The molecule has 1 aliphatic carbocycles. The van der Waals surface area contributed by atoms with Gasteiger partial charge in [-0.15, -0.1) is 0 Å². The molecule has 2 aromatic carbocycles. The van der Waals surface area contributed by atoms with Crippen LogP contribution in [0.2, 0.25) is 0 Å². The zero-order valence-electron chi connectivity index (χ0n) is 20.9. The summed E-state index contributed by atoms with van der Waals surface area (Å²) in [5, 5.41) is 5.98. The SMILES string of the molecule is CCOC(=O)c1ccccc1NC(=O)N[C@H]1CC[C@@]2(c3ccc(OC)c(OC)c3)CCN(C)[C@@H]2C1. The Balaban J connectivity index is 1.47. The number of likely N-dealkylation sites (tertiary alicyclic amines) is 1. The van der Waals surface area contributed by atoms with Gasteiger partial charge in [0.15, 0.2) is 11.5 Å². The van der Waals surface area contributed by atoms with Gasteiger partial charge in [0.25, 0.3) is 0 Å². The number of anilines is 1. The van der Waals surface area contributed by atoms with E-state index in [1.807, 2.05) is 6.07 Å². The third-order valence-corrected chi connectivity index (χ3v) is 7.49. The number of likely N-dealkylation sites (N-methyl/N-ethyl adjacent to an activating group) is 1. The van der Waals surface area contributed by atoms with Gasteiger partial charge in [0.05, 0.1) is 32.1 Å². The molecule has 0 spiro atoms. The van der Waals surface area contributed by atoms with Crippen LogP contribution in [0.3, 0.4) is 0 Å². The number of nitrogens with zero attached hydrogens (tertiary/aromatic N) is 1. The van der Waals surface area contributed by atoms with Crippen molar-refractivity contribution in [1.82, 2.24) is 10.2 Å². The lowest BCUT2D eigenvalue weighted by Crippen LogP contribution is -2.52. The molecule has 1 saturated heterocycles. The van der Waals surface area contributed by atoms with Crippen molar-refractivity contribution in [2.45, 2.75) is 50.1 Å². The summed E-state index contributed by atoms with van der Waals surface area (Å²) in [6.07, 6.45) is 3.74. The molecular weight excluding hydrogens is 446 g/mol. The molecule has 1 saturated carbocycles. The van der Waals surface area contributed by atoms with Gasteiger partial charge in [-0.25, -0.2) is 9.59 Å². The summed E-state index contributed by atoms with van der Waals surface area (Å²) < 4.78 is 16.1. The molecule has 2 aromatic rings. The molecule has 2 aliphatic rings. The highest BCUT2D eigenvalue weighted by Crippen LogP contribution is 2.49. The number of hydrogen-bond acceptors (Lipinski definition) is 6. The van der Waals surface area contributed by atoms with Crippen LogP contribution in [0, 0.1) is 0 Å². The normalized spacial score (nSPS) is 23.8. The van der Waals surface area contributed by atoms with Crippen LogP contribution in [0.25, 0.3) is 0 Å². The van der Waals surface area contributed by atoms with Crippen molar-refractivity contribution in [3.63, 3.8) is 0 Å². The molecule has 188 valence electrons. The Kier molecular flexibility index (Phi) is 7.50. The molecule has 2 amide bonds. The van der Waals surface area contributed by atoms with E-state index in [1.165, 1.54) is 5.56 Å². The molecule has 4 rings (SSSR count). The molecule has 0 unspecified atom stereocenters. The number of hydrogen-bond donors (Lipinski definition) is 2. The standard InChI is InChI=1S/C27H35N3O5/c1-5-35-25(31)20-8-6-7-9-21(20)29-26(32)28-19-12-13-27(14-15-30(2)24(27)17-19)18-10-11-22(33-3)23(16-18)34-4/h6-11,16,19,24H,5,12-15,17H2,1-4H3,(H2,28,29,32)/t19-,24+,27-/m0/s1. The predicted octanol–water partition coefficient (Wildman–Crippen LogP) is 4.20. The Morgan fingerprint density at radius 2 is 1.86 bits per heavy atom. The minimum absolute atomic E-state index is 0.0134. The first-order chi connectivity index (χ1) is 16.9. The maximum atomic E-state index is 12.9. The summed E-state index contributed by atoms with van der Waals surface area (Å²) in [5.41, 5.74) is 2.06. The zero-order chi connectivity index (χ0) is 25.0. The van der Waals surface area contributed by atoms with E-state index in [0.717, 1.165) is 43.7 Å². The number of esters is 1. The minimum atomic E-state index is -0.451. The molecule has 0 radical (unpaired) electrons. The average Bonchev–Trinajstić information content (AvgIpc) is 3.21. The Morgan fingerprint density at radius 3 is 2.60 bits per heavy atom. The fourth-order valence-electron chi connectivity index (χ4n) is 5.72. The van der Waals surface area contributed by atoms with Gasteiger partial charge in [0.2, 0.25) is 0 Å². The highest BCUT2D eigenvalue weighted by molar-refractivity contribution is 6.00. The Morgan fingerprint density at radius 1 is 1.09 bits per heavy atom. The van der Waals surface area contributed by atoms with E-state index in [2.05, 4.69) is 34.7 Å². The fourth-order valence-corrected chi connectivity index (χ4v) is 5.72. The molecule has 8 nitrogen and oxygen atoms in total. The van der Waals surface area contributed by atoms with E-state index >= 15 is 0 Å².